The van der Waals surface area contributed by atoms with Crippen LogP contribution < -0.4 is 10.0 Å². The van der Waals surface area contributed by atoms with Crippen LogP contribution in [0.15, 0.2) is 17.0 Å². The third kappa shape index (κ3) is 4.77. The maximum Gasteiger partial charge on any atom is 0.240 e. The van der Waals surface area contributed by atoms with Gasteiger partial charge in [0.1, 0.15) is 0 Å². The van der Waals surface area contributed by atoms with Crippen LogP contribution in [0.2, 0.25) is 0 Å². The van der Waals surface area contributed by atoms with Crippen molar-refractivity contribution in [1.82, 2.24) is 10.0 Å². The quantitative estimate of drug-likeness (QED) is 0.721. The van der Waals surface area contributed by atoms with E-state index in [2.05, 4.69) is 10.0 Å². The Balaban J connectivity index is 2.98. The lowest BCUT2D eigenvalue weighted by Crippen LogP contribution is -2.26. The van der Waals surface area contributed by atoms with Crippen molar-refractivity contribution >= 4 is 21.8 Å². The summed E-state index contributed by atoms with van der Waals surface area (Å²) in [5.41, 5.74) is 2.81. The number of hydrogen-bond acceptors (Lipinski definition) is 4. The van der Waals surface area contributed by atoms with Gasteiger partial charge in [0.2, 0.25) is 10.0 Å². The Hall–Kier alpha value is -0.560. The molecule has 1 rings (SSSR count). The molecule has 114 valence electrons. The van der Waals surface area contributed by atoms with Gasteiger partial charge in [-0.1, -0.05) is 6.07 Å². The van der Waals surface area contributed by atoms with Gasteiger partial charge in [0, 0.05) is 13.1 Å². The molecule has 0 bridgehead atoms. The Bertz CT molecular complexity index is 542. The van der Waals surface area contributed by atoms with Crippen LogP contribution in [0.5, 0.6) is 0 Å². The number of benzene rings is 1. The molecule has 4 nitrogen and oxygen atoms in total. The molecular formula is C14H24N2O2S2. The van der Waals surface area contributed by atoms with Crippen molar-refractivity contribution in [1.29, 1.82) is 0 Å². The summed E-state index contributed by atoms with van der Waals surface area (Å²) in [5.74, 6) is 0.959. The van der Waals surface area contributed by atoms with Crippen LogP contribution in [0, 0.1) is 13.8 Å². The molecule has 0 saturated heterocycles. The summed E-state index contributed by atoms with van der Waals surface area (Å²) in [7, 11) is -1.57. The molecule has 20 heavy (non-hydrogen) atoms. The second-order valence-corrected chi connectivity index (χ2v) is 7.53. The zero-order valence-electron chi connectivity index (χ0n) is 12.6. The van der Waals surface area contributed by atoms with Gasteiger partial charge in [0.15, 0.2) is 0 Å². The Labute approximate surface area is 126 Å². The van der Waals surface area contributed by atoms with Gasteiger partial charge in [-0.2, -0.15) is 11.8 Å². The number of sulfonamides is 1. The molecule has 1 aromatic rings. The third-order valence-electron chi connectivity index (χ3n) is 3.17. The third-order valence-corrected chi connectivity index (χ3v) is 5.45. The van der Waals surface area contributed by atoms with Crippen molar-refractivity contribution in [3.63, 3.8) is 0 Å². The van der Waals surface area contributed by atoms with Gasteiger partial charge >= 0.3 is 0 Å². The highest BCUT2D eigenvalue weighted by Crippen LogP contribution is 2.21. The molecule has 0 fully saturated rings. The number of thioether (sulfide) groups is 1. The largest absolute Gasteiger partial charge is 0.316 e. The molecule has 0 spiro atoms. The molecule has 0 aliphatic carbocycles. The highest BCUT2D eigenvalue weighted by Gasteiger charge is 2.18. The molecule has 0 aliphatic rings. The molecule has 0 atom stereocenters. The molecule has 0 unspecified atom stereocenters. The molecule has 6 heteroatoms. The van der Waals surface area contributed by atoms with Crippen LogP contribution in [-0.4, -0.2) is 34.0 Å². The number of nitrogens with one attached hydrogen (secondary N) is 2. The fourth-order valence-electron chi connectivity index (χ4n) is 1.99. The van der Waals surface area contributed by atoms with E-state index in [0.717, 1.165) is 28.9 Å². The van der Waals surface area contributed by atoms with Crippen LogP contribution in [0.25, 0.3) is 0 Å². The molecule has 1 aromatic carbocycles. The van der Waals surface area contributed by atoms with E-state index in [-0.39, 0.29) is 0 Å². The Kier molecular flexibility index (Phi) is 7.02. The van der Waals surface area contributed by atoms with Crippen molar-refractivity contribution in [2.45, 2.75) is 31.7 Å². The van der Waals surface area contributed by atoms with E-state index < -0.39 is 10.0 Å². The van der Waals surface area contributed by atoms with Gasteiger partial charge in [-0.3, -0.25) is 0 Å². The molecule has 2 N–H and O–H groups in total. The van der Waals surface area contributed by atoms with Crippen LogP contribution in [-0.2, 0) is 16.6 Å². The van der Waals surface area contributed by atoms with Gasteiger partial charge in [0.25, 0.3) is 0 Å². The van der Waals surface area contributed by atoms with Crippen LogP contribution in [0.1, 0.15) is 23.1 Å². The number of hydrogen-bond donors (Lipinski definition) is 2. The highest BCUT2D eigenvalue weighted by atomic mass is 32.2. The first-order valence-corrected chi connectivity index (χ1v) is 9.53. The van der Waals surface area contributed by atoms with Crippen molar-refractivity contribution in [3.8, 4) is 0 Å². The lowest BCUT2D eigenvalue weighted by molar-refractivity contribution is 0.580. The van der Waals surface area contributed by atoms with Gasteiger partial charge in [0.05, 0.1) is 4.90 Å². The van der Waals surface area contributed by atoms with Crippen LogP contribution >= 0.6 is 11.8 Å². The standard InChI is InChI=1S/C14H24N2O2S2/c1-11-8-13(10-15-3)9-14(12(11)2)20(17,18)16-6-5-7-19-4/h8-9,15-16H,5-7,10H2,1-4H3. The normalized spacial score (nSPS) is 11.8. The smallest absolute Gasteiger partial charge is 0.240 e. The van der Waals surface area contributed by atoms with E-state index in [4.69, 9.17) is 0 Å². The van der Waals surface area contributed by atoms with Gasteiger partial charge < -0.3 is 5.32 Å². The summed E-state index contributed by atoms with van der Waals surface area (Å²) in [4.78, 5) is 0.395. The molecule has 0 heterocycles. The van der Waals surface area contributed by atoms with Crippen molar-refractivity contribution in [2.24, 2.45) is 0 Å². The average Bonchev–Trinajstić information content (AvgIpc) is 2.39. The summed E-state index contributed by atoms with van der Waals surface area (Å²) >= 11 is 1.72. The second kappa shape index (κ2) is 8.02. The van der Waals surface area contributed by atoms with E-state index in [1.807, 2.05) is 33.2 Å². The minimum absolute atomic E-state index is 0.395. The second-order valence-electron chi connectivity index (χ2n) is 4.81. The summed E-state index contributed by atoms with van der Waals surface area (Å²) < 4.78 is 27.5. The van der Waals surface area contributed by atoms with E-state index in [1.54, 1.807) is 17.8 Å². The summed E-state index contributed by atoms with van der Waals surface area (Å²) in [6, 6.07) is 3.79. The average molecular weight is 316 g/mol. The van der Waals surface area contributed by atoms with Crippen molar-refractivity contribution in [2.75, 3.05) is 25.6 Å². The minimum Gasteiger partial charge on any atom is -0.316 e. The van der Waals surface area contributed by atoms with E-state index in [9.17, 15) is 8.42 Å². The summed E-state index contributed by atoms with van der Waals surface area (Å²) in [5, 5.41) is 3.05. The SMILES string of the molecule is CNCc1cc(C)c(C)c(S(=O)(=O)NCCCSC)c1. The van der Waals surface area contributed by atoms with E-state index in [1.165, 1.54) is 0 Å². The maximum absolute atomic E-state index is 12.4. The molecule has 0 aliphatic heterocycles. The van der Waals surface area contributed by atoms with Gasteiger partial charge in [-0.05, 0) is 62.1 Å². The fraction of sp³-hybridized carbons (Fsp3) is 0.571. The van der Waals surface area contributed by atoms with Gasteiger partial charge in [-0.15, -0.1) is 0 Å². The lowest BCUT2D eigenvalue weighted by atomic mass is 10.1. The molecule has 0 amide bonds. The van der Waals surface area contributed by atoms with E-state index in [0.29, 0.717) is 18.0 Å². The Morgan fingerprint density at radius 3 is 2.55 bits per heavy atom. The molecular weight excluding hydrogens is 292 g/mol. The molecule has 0 radical (unpaired) electrons. The monoisotopic (exact) mass is 316 g/mol. The molecule has 0 saturated carbocycles. The van der Waals surface area contributed by atoms with Crippen LogP contribution in [0.4, 0.5) is 0 Å². The van der Waals surface area contributed by atoms with Crippen LogP contribution in [0.3, 0.4) is 0 Å². The Morgan fingerprint density at radius 2 is 1.95 bits per heavy atom. The zero-order chi connectivity index (χ0) is 15.2. The Morgan fingerprint density at radius 1 is 1.25 bits per heavy atom. The van der Waals surface area contributed by atoms with Crippen molar-refractivity contribution < 1.29 is 8.42 Å². The zero-order valence-corrected chi connectivity index (χ0v) is 14.2. The first kappa shape index (κ1) is 17.5. The predicted molar refractivity (Wildman–Crippen MR) is 86.9 cm³/mol. The number of rotatable bonds is 8. The molecule has 0 aromatic heterocycles. The van der Waals surface area contributed by atoms with Crippen molar-refractivity contribution in [3.05, 3.63) is 28.8 Å². The topological polar surface area (TPSA) is 58.2 Å². The minimum atomic E-state index is -3.42. The van der Waals surface area contributed by atoms with E-state index >= 15 is 0 Å². The maximum atomic E-state index is 12.4. The number of aryl methyl sites for hydroxylation is 1. The highest BCUT2D eigenvalue weighted by molar-refractivity contribution is 7.98. The predicted octanol–water partition coefficient (Wildman–Crippen LogP) is 2.05. The van der Waals surface area contributed by atoms with Gasteiger partial charge in [-0.25, -0.2) is 13.1 Å². The summed E-state index contributed by atoms with van der Waals surface area (Å²) in [6.45, 7) is 4.95. The summed E-state index contributed by atoms with van der Waals surface area (Å²) in [6.07, 6.45) is 2.86. The lowest BCUT2D eigenvalue weighted by Gasteiger charge is -2.13. The fourth-order valence-corrected chi connectivity index (χ4v) is 3.86. The first-order valence-electron chi connectivity index (χ1n) is 6.65. The first-order chi connectivity index (χ1) is 9.42.